The molecular formula is C7H3N3O2. The zero-order valence-electron chi connectivity index (χ0n) is 5.92. The third-order valence-corrected chi connectivity index (χ3v) is 1.33. The molecule has 0 aromatic carbocycles. The number of rotatable bonds is 1. The summed E-state index contributed by atoms with van der Waals surface area (Å²) in [5.41, 5.74) is -0.114. The van der Waals surface area contributed by atoms with E-state index in [1.54, 1.807) is 11.9 Å². The van der Waals surface area contributed by atoms with Crippen LogP contribution in [0.5, 0.6) is 0 Å². The molecule has 1 N–H and O–H groups in total. The molecule has 1 heterocycles. The van der Waals surface area contributed by atoms with Gasteiger partial charge < -0.3 is 0 Å². The molecule has 1 amide bonds. The van der Waals surface area contributed by atoms with Gasteiger partial charge in [-0.05, 0) is 5.87 Å². The van der Waals surface area contributed by atoms with Crippen LogP contribution in [0.3, 0.4) is 0 Å². The minimum Gasteiger partial charge on any atom is -0.288 e. The first-order valence-electron chi connectivity index (χ1n) is 3.04. The third kappa shape index (κ3) is 1.19. The maximum atomic E-state index is 10.6. The van der Waals surface area contributed by atoms with E-state index in [9.17, 15) is 9.59 Å². The summed E-state index contributed by atoms with van der Waals surface area (Å²) in [6.45, 7) is 0. The fraction of sp³-hybridized carbons (Fsp3) is 0.143. The molecule has 1 aliphatic rings. The van der Waals surface area contributed by atoms with Crippen molar-refractivity contribution in [3.8, 4) is 6.07 Å². The zero-order chi connectivity index (χ0) is 9.14. The van der Waals surface area contributed by atoms with E-state index in [0.29, 0.717) is 0 Å². The molecule has 0 aromatic rings. The fourth-order valence-electron chi connectivity index (χ4n) is 0.761. The van der Waals surface area contributed by atoms with Gasteiger partial charge in [-0.15, -0.1) is 0 Å². The van der Waals surface area contributed by atoms with E-state index in [1.807, 2.05) is 0 Å². The summed E-state index contributed by atoms with van der Waals surface area (Å²) in [4.78, 5) is 24.5. The van der Waals surface area contributed by atoms with E-state index in [-0.39, 0.29) is 17.7 Å². The highest BCUT2D eigenvalue weighted by Crippen LogP contribution is 2.07. The number of hydrogen-bond donors (Lipinski definition) is 1. The Bertz CT molecular complexity index is 380. The van der Waals surface area contributed by atoms with Gasteiger partial charge in [-0.2, -0.15) is 5.26 Å². The van der Waals surface area contributed by atoms with Gasteiger partial charge in [0.05, 0.1) is 12.1 Å². The molecule has 1 rings (SSSR count). The predicted octanol–water partition coefficient (Wildman–Crippen LogP) is -0.375. The highest BCUT2D eigenvalue weighted by atomic mass is 16.2. The summed E-state index contributed by atoms with van der Waals surface area (Å²) in [7, 11) is 0. The largest absolute Gasteiger partial charge is 0.313 e. The molecule has 0 saturated carbocycles. The zero-order valence-corrected chi connectivity index (χ0v) is 5.92. The molecule has 0 unspecified atom stereocenters. The van der Waals surface area contributed by atoms with Crippen LogP contribution in [0.25, 0.3) is 0 Å². The lowest BCUT2D eigenvalue weighted by atomic mass is 10.1. The minimum atomic E-state index is -0.854. The number of carbonyl (C=O) groups excluding carboxylic acids is 2. The van der Waals surface area contributed by atoms with Gasteiger partial charge in [0, 0.05) is 0 Å². The standard InChI is InChI=1S/C7H3N3O2/c8-2-4(3-9)5-1-6(11)7(12)10-5/h8H,1H2. The molecule has 58 valence electrons. The average molecular weight is 161 g/mol. The van der Waals surface area contributed by atoms with Crippen molar-refractivity contribution in [3.05, 3.63) is 5.57 Å². The Labute approximate surface area is 67.5 Å². The maximum absolute atomic E-state index is 10.6. The van der Waals surface area contributed by atoms with Crippen molar-refractivity contribution in [1.29, 1.82) is 10.7 Å². The molecule has 0 spiro atoms. The molecule has 12 heavy (non-hydrogen) atoms. The second-order valence-corrected chi connectivity index (χ2v) is 2.08. The average Bonchev–Trinajstić information content (AvgIpc) is 2.35. The first-order chi connectivity index (χ1) is 5.69. The molecule has 5 heteroatoms. The molecule has 0 radical (unpaired) electrons. The van der Waals surface area contributed by atoms with Crippen molar-refractivity contribution >= 4 is 23.3 Å². The van der Waals surface area contributed by atoms with E-state index in [0.717, 1.165) is 0 Å². The van der Waals surface area contributed by atoms with E-state index in [2.05, 4.69) is 4.99 Å². The Kier molecular flexibility index (Phi) is 1.95. The monoisotopic (exact) mass is 161 g/mol. The van der Waals surface area contributed by atoms with Crippen molar-refractivity contribution in [2.45, 2.75) is 6.42 Å². The summed E-state index contributed by atoms with van der Waals surface area (Å²) in [5.74, 6) is 0.306. The molecule has 5 nitrogen and oxygen atoms in total. The predicted molar refractivity (Wildman–Crippen MR) is 38.9 cm³/mol. The number of nitriles is 1. The lowest BCUT2D eigenvalue weighted by Crippen LogP contribution is -2.04. The smallest absolute Gasteiger partial charge is 0.288 e. The van der Waals surface area contributed by atoms with Gasteiger partial charge in [-0.25, -0.2) is 4.99 Å². The van der Waals surface area contributed by atoms with Gasteiger partial charge in [0.2, 0.25) is 5.78 Å². The number of ketones is 1. The fourth-order valence-corrected chi connectivity index (χ4v) is 0.761. The molecular weight excluding hydrogens is 158 g/mol. The number of nitrogens with zero attached hydrogens (tertiary/aromatic N) is 2. The van der Waals surface area contributed by atoms with Crippen LogP contribution in [-0.2, 0) is 9.59 Å². The van der Waals surface area contributed by atoms with Crippen LogP contribution in [0.2, 0.25) is 0 Å². The topological polar surface area (TPSA) is 94.1 Å². The Morgan fingerprint density at radius 3 is 2.58 bits per heavy atom. The Morgan fingerprint density at radius 2 is 2.25 bits per heavy atom. The van der Waals surface area contributed by atoms with Crippen LogP contribution in [0.15, 0.2) is 10.6 Å². The van der Waals surface area contributed by atoms with Crippen molar-refractivity contribution in [2.75, 3.05) is 0 Å². The van der Waals surface area contributed by atoms with Crippen LogP contribution in [-0.4, -0.2) is 23.3 Å². The summed E-state index contributed by atoms with van der Waals surface area (Å²) < 4.78 is 0. The van der Waals surface area contributed by atoms with Crippen molar-refractivity contribution < 1.29 is 9.59 Å². The number of aliphatic imine (C=N–C) groups is 1. The molecule has 1 aliphatic heterocycles. The van der Waals surface area contributed by atoms with Crippen molar-refractivity contribution in [1.82, 2.24) is 0 Å². The SMILES string of the molecule is N#CC(=C=N)C1=NC(=O)C(=O)C1. The van der Waals surface area contributed by atoms with E-state index < -0.39 is 11.7 Å². The maximum Gasteiger partial charge on any atom is 0.313 e. The lowest BCUT2D eigenvalue weighted by Gasteiger charge is -1.86. The Balaban J connectivity index is 3.04. The minimum absolute atomic E-state index is 0.0440. The normalized spacial score (nSPS) is 15.1. The summed E-state index contributed by atoms with van der Waals surface area (Å²) in [5, 5.41) is 15.0. The van der Waals surface area contributed by atoms with E-state index >= 15 is 0 Å². The Morgan fingerprint density at radius 1 is 1.58 bits per heavy atom. The van der Waals surface area contributed by atoms with Crippen LogP contribution >= 0.6 is 0 Å². The molecule has 0 atom stereocenters. The molecule has 0 aliphatic carbocycles. The van der Waals surface area contributed by atoms with Gasteiger partial charge in [-0.3, -0.25) is 15.0 Å². The number of carbonyl (C=O) groups is 2. The second kappa shape index (κ2) is 2.91. The summed E-state index contributed by atoms with van der Waals surface area (Å²) in [6, 6.07) is 1.62. The summed E-state index contributed by atoms with van der Waals surface area (Å²) in [6.07, 6.45) is -0.187. The quantitative estimate of drug-likeness (QED) is 0.322. The molecule has 0 saturated heterocycles. The summed E-state index contributed by atoms with van der Waals surface area (Å²) >= 11 is 0. The number of hydrogen-bond acceptors (Lipinski definition) is 4. The number of allylic oxidation sites excluding steroid dienone is 1. The van der Waals surface area contributed by atoms with Gasteiger partial charge in [0.1, 0.15) is 11.6 Å². The highest BCUT2D eigenvalue weighted by molar-refractivity contribution is 6.48. The lowest BCUT2D eigenvalue weighted by molar-refractivity contribution is -0.134. The van der Waals surface area contributed by atoms with Crippen LogP contribution < -0.4 is 0 Å². The van der Waals surface area contributed by atoms with Gasteiger partial charge >= 0.3 is 5.91 Å². The number of nitrogens with one attached hydrogen (secondary N) is 1. The number of Topliss-reactive ketones (excluding diaryl/α,β-unsaturated/α-hetero) is 1. The first kappa shape index (κ1) is 8.05. The highest BCUT2D eigenvalue weighted by Gasteiger charge is 2.26. The molecule has 0 fully saturated rings. The van der Waals surface area contributed by atoms with E-state index in [1.165, 1.54) is 0 Å². The van der Waals surface area contributed by atoms with Gasteiger partial charge in [0.25, 0.3) is 0 Å². The van der Waals surface area contributed by atoms with Crippen LogP contribution in [0.1, 0.15) is 6.42 Å². The van der Waals surface area contributed by atoms with Gasteiger partial charge in [0.15, 0.2) is 0 Å². The van der Waals surface area contributed by atoms with Crippen molar-refractivity contribution in [3.63, 3.8) is 0 Å². The second-order valence-electron chi connectivity index (χ2n) is 2.08. The van der Waals surface area contributed by atoms with Gasteiger partial charge in [-0.1, -0.05) is 0 Å². The molecule has 0 aromatic heterocycles. The number of amides is 1. The van der Waals surface area contributed by atoms with Crippen LogP contribution in [0, 0.1) is 16.7 Å². The first-order valence-corrected chi connectivity index (χ1v) is 3.04. The Hall–Kier alpha value is -2.05. The molecule has 0 bridgehead atoms. The van der Waals surface area contributed by atoms with Crippen LogP contribution in [0.4, 0.5) is 0 Å². The van der Waals surface area contributed by atoms with E-state index in [4.69, 9.17) is 10.7 Å². The third-order valence-electron chi connectivity index (χ3n) is 1.33. The van der Waals surface area contributed by atoms with Crippen molar-refractivity contribution in [2.24, 2.45) is 4.99 Å².